The topological polar surface area (TPSA) is 67.9 Å². The maximum absolute atomic E-state index is 12.8. The predicted molar refractivity (Wildman–Crippen MR) is 100 cm³/mol. The molecule has 1 aromatic rings. The van der Waals surface area contributed by atoms with Gasteiger partial charge in [0.2, 0.25) is 11.8 Å². The van der Waals surface area contributed by atoms with Crippen molar-refractivity contribution in [3.8, 4) is 11.5 Å². The van der Waals surface area contributed by atoms with Gasteiger partial charge in [0.25, 0.3) is 0 Å². The molecule has 1 saturated heterocycles. The second-order valence-corrected chi connectivity index (χ2v) is 7.50. The van der Waals surface area contributed by atoms with E-state index in [1.807, 2.05) is 17.0 Å². The van der Waals surface area contributed by atoms with Crippen molar-refractivity contribution in [3.05, 3.63) is 23.8 Å². The Kier molecular flexibility index (Phi) is 6.51. The van der Waals surface area contributed by atoms with E-state index < -0.39 is 5.41 Å². The quantitative estimate of drug-likeness (QED) is 0.790. The molecule has 1 unspecified atom stereocenters. The Balaban J connectivity index is 2.00. The summed E-state index contributed by atoms with van der Waals surface area (Å²) in [5.74, 6) is 1.36. The highest BCUT2D eigenvalue weighted by Gasteiger charge is 2.39. The third-order valence-electron chi connectivity index (χ3n) is 4.95. The number of piperidine rings is 1. The molecule has 6 nitrogen and oxygen atoms in total. The lowest BCUT2D eigenvalue weighted by Crippen LogP contribution is -2.51. The van der Waals surface area contributed by atoms with E-state index >= 15 is 0 Å². The molecule has 0 saturated carbocycles. The summed E-state index contributed by atoms with van der Waals surface area (Å²) in [6.45, 7) is 7.31. The van der Waals surface area contributed by atoms with Crippen LogP contribution in [0.5, 0.6) is 11.5 Å². The Bertz CT molecular complexity index is 657. The van der Waals surface area contributed by atoms with Crippen LogP contribution < -0.4 is 14.8 Å². The van der Waals surface area contributed by atoms with Gasteiger partial charge in [-0.3, -0.25) is 9.59 Å². The summed E-state index contributed by atoms with van der Waals surface area (Å²) in [6, 6.07) is 5.48. The molecule has 0 bridgehead atoms. The molecule has 1 fully saturated rings. The van der Waals surface area contributed by atoms with Crippen molar-refractivity contribution in [2.45, 2.75) is 40.2 Å². The Morgan fingerprint density at radius 3 is 2.54 bits per heavy atom. The lowest BCUT2D eigenvalue weighted by Gasteiger charge is -2.36. The largest absolute Gasteiger partial charge is 0.493 e. The Hall–Kier alpha value is -2.24. The van der Waals surface area contributed by atoms with E-state index in [0.29, 0.717) is 24.0 Å². The molecule has 2 rings (SSSR count). The van der Waals surface area contributed by atoms with Crippen LogP contribution in [0.2, 0.25) is 0 Å². The van der Waals surface area contributed by atoms with Crippen molar-refractivity contribution in [1.29, 1.82) is 0 Å². The zero-order chi connectivity index (χ0) is 19.3. The molecule has 1 atom stereocenters. The van der Waals surface area contributed by atoms with Gasteiger partial charge in [-0.2, -0.15) is 0 Å². The molecule has 1 aliphatic heterocycles. The summed E-state index contributed by atoms with van der Waals surface area (Å²) < 4.78 is 10.5. The van der Waals surface area contributed by atoms with Crippen molar-refractivity contribution in [2.75, 3.05) is 27.3 Å². The monoisotopic (exact) mass is 362 g/mol. The number of hydrogen-bond acceptors (Lipinski definition) is 4. The summed E-state index contributed by atoms with van der Waals surface area (Å²) in [4.78, 5) is 27.3. The number of hydrogen-bond donors (Lipinski definition) is 1. The molecule has 1 aliphatic rings. The van der Waals surface area contributed by atoms with Crippen molar-refractivity contribution in [2.24, 2.45) is 11.3 Å². The van der Waals surface area contributed by atoms with Gasteiger partial charge in [0.1, 0.15) is 5.41 Å². The first-order chi connectivity index (χ1) is 12.3. The van der Waals surface area contributed by atoms with Gasteiger partial charge in [-0.25, -0.2) is 0 Å². The van der Waals surface area contributed by atoms with Gasteiger partial charge in [-0.05, 0) is 50.3 Å². The summed E-state index contributed by atoms with van der Waals surface area (Å²) in [6.07, 6.45) is 2.13. The van der Waals surface area contributed by atoms with Crippen molar-refractivity contribution < 1.29 is 19.1 Å². The summed E-state index contributed by atoms with van der Waals surface area (Å²) >= 11 is 0. The number of carbonyl (C=O) groups is 2. The first kappa shape index (κ1) is 20.1. The van der Waals surface area contributed by atoms with Crippen molar-refractivity contribution >= 4 is 11.8 Å². The fraction of sp³-hybridized carbons (Fsp3) is 0.600. The lowest BCUT2D eigenvalue weighted by atomic mass is 9.88. The van der Waals surface area contributed by atoms with E-state index in [-0.39, 0.29) is 11.8 Å². The molecule has 0 spiro atoms. The van der Waals surface area contributed by atoms with Crippen LogP contribution in [0.15, 0.2) is 18.2 Å². The van der Waals surface area contributed by atoms with Gasteiger partial charge in [-0.15, -0.1) is 0 Å². The van der Waals surface area contributed by atoms with E-state index in [9.17, 15) is 9.59 Å². The summed E-state index contributed by atoms with van der Waals surface area (Å²) in [7, 11) is 3.15. The molecule has 144 valence electrons. The molecule has 6 heteroatoms. The van der Waals surface area contributed by atoms with Crippen LogP contribution in [0.25, 0.3) is 0 Å². The average molecular weight is 362 g/mol. The molecular weight excluding hydrogens is 332 g/mol. The molecule has 26 heavy (non-hydrogen) atoms. The predicted octanol–water partition coefficient (Wildman–Crippen LogP) is 2.60. The number of likely N-dealkylation sites (tertiary alicyclic amines) is 1. The molecule has 1 aromatic carbocycles. The normalized spacial score (nSPS) is 17.6. The van der Waals surface area contributed by atoms with Gasteiger partial charge < -0.3 is 19.7 Å². The van der Waals surface area contributed by atoms with Gasteiger partial charge in [0.15, 0.2) is 11.5 Å². The van der Waals surface area contributed by atoms with Crippen LogP contribution in [0.4, 0.5) is 0 Å². The van der Waals surface area contributed by atoms with Crippen LogP contribution in [0, 0.1) is 11.3 Å². The van der Waals surface area contributed by atoms with Gasteiger partial charge in [0.05, 0.1) is 14.2 Å². The van der Waals surface area contributed by atoms with E-state index in [4.69, 9.17) is 9.47 Å². The number of rotatable bonds is 6. The number of nitrogens with one attached hydrogen (secondary N) is 1. The highest BCUT2D eigenvalue weighted by Crippen LogP contribution is 2.28. The minimum atomic E-state index is -1.09. The Morgan fingerprint density at radius 2 is 1.92 bits per heavy atom. The number of ether oxygens (including phenoxy) is 2. The smallest absolute Gasteiger partial charge is 0.237 e. The zero-order valence-electron chi connectivity index (χ0n) is 16.4. The SMILES string of the molecule is COc1ccc(CNC(=O)C(C)(C)C(=O)N2CCCC(C)C2)cc1OC. The van der Waals surface area contributed by atoms with Gasteiger partial charge in [-0.1, -0.05) is 13.0 Å². The maximum Gasteiger partial charge on any atom is 0.237 e. The molecule has 0 aliphatic carbocycles. The Morgan fingerprint density at radius 1 is 1.23 bits per heavy atom. The molecule has 2 amide bonds. The van der Waals surface area contributed by atoms with Crippen LogP contribution >= 0.6 is 0 Å². The van der Waals surface area contributed by atoms with Crippen molar-refractivity contribution in [3.63, 3.8) is 0 Å². The van der Waals surface area contributed by atoms with Crippen LogP contribution in [-0.4, -0.2) is 44.0 Å². The average Bonchev–Trinajstić information content (AvgIpc) is 2.64. The highest BCUT2D eigenvalue weighted by atomic mass is 16.5. The summed E-state index contributed by atoms with van der Waals surface area (Å²) in [5, 5.41) is 2.88. The zero-order valence-corrected chi connectivity index (χ0v) is 16.4. The maximum atomic E-state index is 12.8. The third kappa shape index (κ3) is 4.48. The Labute approximate surface area is 155 Å². The lowest BCUT2D eigenvalue weighted by molar-refractivity contribution is -0.149. The molecular formula is C20H30N2O4. The number of benzene rings is 1. The van der Waals surface area contributed by atoms with E-state index in [2.05, 4.69) is 12.2 Å². The molecule has 0 aromatic heterocycles. The van der Waals surface area contributed by atoms with Gasteiger partial charge >= 0.3 is 0 Å². The van der Waals surface area contributed by atoms with Crippen molar-refractivity contribution in [1.82, 2.24) is 10.2 Å². The van der Waals surface area contributed by atoms with E-state index in [1.165, 1.54) is 0 Å². The van der Waals surface area contributed by atoms with Gasteiger partial charge in [0, 0.05) is 19.6 Å². The standard InChI is InChI=1S/C20H30N2O4/c1-14-7-6-10-22(13-14)19(24)20(2,3)18(23)21-12-15-8-9-16(25-4)17(11-15)26-5/h8-9,11,14H,6-7,10,12-13H2,1-5H3,(H,21,23). The number of nitrogens with zero attached hydrogens (tertiary/aromatic N) is 1. The second-order valence-electron chi connectivity index (χ2n) is 7.50. The minimum absolute atomic E-state index is 0.103. The van der Waals surface area contributed by atoms with E-state index in [0.717, 1.165) is 31.5 Å². The van der Waals surface area contributed by atoms with Crippen LogP contribution in [-0.2, 0) is 16.1 Å². The first-order valence-electron chi connectivity index (χ1n) is 9.08. The number of amides is 2. The summed E-state index contributed by atoms with van der Waals surface area (Å²) in [5.41, 5.74) is -0.209. The number of methoxy groups -OCH3 is 2. The minimum Gasteiger partial charge on any atom is -0.493 e. The molecule has 0 radical (unpaired) electrons. The second kappa shape index (κ2) is 8.43. The van der Waals surface area contributed by atoms with Crippen LogP contribution in [0.3, 0.4) is 0 Å². The highest BCUT2D eigenvalue weighted by molar-refractivity contribution is 6.04. The molecule has 1 heterocycles. The number of carbonyl (C=O) groups excluding carboxylic acids is 2. The van der Waals surface area contributed by atoms with Crippen LogP contribution in [0.1, 0.15) is 39.2 Å². The van der Waals surface area contributed by atoms with E-state index in [1.54, 1.807) is 34.1 Å². The molecule has 1 N–H and O–H groups in total. The fourth-order valence-electron chi connectivity index (χ4n) is 3.26. The fourth-order valence-corrected chi connectivity index (χ4v) is 3.26. The third-order valence-corrected chi connectivity index (χ3v) is 4.95. The first-order valence-corrected chi connectivity index (χ1v) is 9.08.